The Morgan fingerprint density at radius 1 is 1.00 bits per heavy atom. The lowest BCUT2D eigenvalue weighted by molar-refractivity contribution is -0.142. The van der Waals surface area contributed by atoms with E-state index in [1.165, 1.54) is 6.07 Å². The van der Waals surface area contributed by atoms with Gasteiger partial charge >= 0.3 is 11.9 Å². The van der Waals surface area contributed by atoms with Gasteiger partial charge < -0.3 is 9.47 Å². The maximum atomic E-state index is 12.5. The Balaban J connectivity index is 1.98. The van der Waals surface area contributed by atoms with Crippen molar-refractivity contribution in [3.63, 3.8) is 0 Å². The monoisotopic (exact) mass is 368 g/mol. The highest BCUT2D eigenvalue weighted by atomic mass is 35.5. The second kappa shape index (κ2) is 8.02. The summed E-state index contributed by atoms with van der Waals surface area (Å²) in [5, 5.41) is 2.25. The third-order valence-electron chi connectivity index (χ3n) is 3.89. The highest BCUT2D eigenvalue weighted by molar-refractivity contribution is 6.30. The lowest BCUT2D eigenvalue weighted by Gasteiger charge is -2.13. The Hall–Kier alpha value is -2.85. The fourth-order valence-electron chi connectivity index (χ4n) is 2.72. The fraction of sp³-hybridized carbons (Fsp3) is 0.143. The zero-order valence-corrected chi connectivity index (χ0v) is 15.0. The normalized spacial score (nSPS) is 10.5. The van der Waals surface area contributed by atoms with Gasteiger partial charge in [0, 0.05) is 10.6 Å². The molecular weight excluding hydrogens is 352 g/mol. The fourth-order valence-corrected chi connectivity index (χ4v) is 2.91. The molecule has 0 N–H and O–H groups in total. The minimum Gasteiger partial charge on any atom is -0.466 e. The Bertz CT molecular complexity index is 965. The molecule has 0 fully saturated rings. The van der Waals surface area contributed by atoms with E-state index >= 15 is 0 Å². The van der Waals surface area contributed by atoms with E-state index in [0.29, 0.717) is 28.5 Å². The van der Waals surface area contributed by atoms with Crippen molar-refractivity contribution in [3.05, 3.63) is 76.8 Å². The molecular formula is C21H17ClO4. The molecule has 0 spiro atoms. The number of ether oxygens (including phenoxy) is 2. The lowest BCUT2D eigenvalue weighted by atomic mass is 10.0. The molecule has 4 nitrogen and oxygen atoms in total. The molecule has 0 heterocycles. The van der Waals surface area contributed by atoms with E-state index in [1.54, 1.807) is 31.2 Å². The summed E-state index contributed by atoms with van der Waals surface area (Å²) in [6.07, 6.45) is 0.0212. The van der Waals surface area contributed by atoms with E-state index in [2.05, 4.69) is 0 Å². The summed E-state index contributed by atoms with van der Waals surface area (Å²) in [4.78, 5) is 24.5. The van der Waals surface area contributed by atoms with E-state index in [1.807, 2.05) is 30.3 Å². The summed E-state index contributed by atoms with van der Waals surface area (Å²) < 4.78 is 10.6. The molecule has 132 valence electrons. The zero-order chi connectivity index (χ0) is 18.5. The maximum Gasteiger partial charge on any atom is 0.343 e. The van der Waals surface area contributed by atoms with Crippen LogP contribution in [0.3, 0.4) is 0 Å². The Morgan fingerprint density at radius 2 is 1.81 bits per heavy atom. The summed E-state index contributed by atoms with van der Waals surface area (Å²) in [7, 11) is 0. The van der Waals surface area contributed by atoms with E-state index in [9.17, 15) is 9.59 Å². The molecule has 0 amide bonds. The predicted octanol–water partition coefficient (Wildman–Crippen LogP) is 4.82. The molecule has 5 heteroatoms. The number of esters is 2. The van der Waals surface area contributed by atoms with Gasteiger partial charge in [-0.3, -0.25) is 4.79 Å². The summed E-state index contributed by atoms with van der Waals surface area (Å²) in [6.45, 7) is 2.04. The van der Waals surface area contributed by atoms with Crippen molar-refractivity contribution in [1.29, 1.82) is 0 Å². The van der Waals surface area contributed by atoms with Crippen molar-refractivity contribution in [3.8, 4) is 5.75 Å². The Labute approximate surface area is 156 Å². The number of hydrogen-bond donors (Lipinski definition) is 0. The summed E-state index contributed by atoms with van der Waals surface area (Å²) >= 11 is 5.94. The van der Waals surface area contributed by atoms with Crippen LogP contribution in [-0.2, 0) is 16.0 Å². The van der Waals surface area contributed by atoms with Gasteiger partial charge in [0.2, 0.25) is 0 Å². The smallest absolute Gasteiger partial charge is 0.343 e. The molecule has 26 heavy (non-hydrogen) atoms. The number of carbonyl (C=O) groups is 2. The van der Waals surface area contributed by atoms with Gasteiger partial charge in [-0.2, -0.15) is 0 Å². The quantitative estimate of drug-likeness (QED) is 0.478. The third-order valence-corrected chi connectivity index (χ3v) is 4.12. The van der Waals surface area contributed by atoms with Crippen LogP contribution in [0.4, 0.5) is 0 Å². The number of fused-ring (bicyclic) bond motifs is 1. The molecule has 0 aromatic heterocycles. The van der Waals surface area contributed by atoms with Crippen molar-refractivity contribution in [2.45, 2.75) is 13.3 Å². The first-order valence-electron chi connectivity index (χ1n) is 8.22. The number of hydrogen-bond acceptors (Lipinski definition) is 4. The van der Waals surface area contributed by atoms with E-state index in [4.69, 9.17) is 21.1 Å². The third kappa shape index (κ3) is 4.03. The van der Waals surface area contributed by atoms with Crippen molar-refractivity contribution >= 4 is 34.3 Å². The zero-order valence-electron chi connectivity index (χ0n) is 14.2. The highest BCUT2D eigenvalue weighted by Gasteiger charge is 2.17. The van der Waals surface area contributed by atoms with Gasteiger partial charge in [-0.25, -0.2) is 4.79 Å². The number of halogens is 1. The van der Waals surface area contributed by atoms with Gasteiger partial charge in [-0.1, -0.05) is 48.0 Å². The molecule has 0 saturated carbocycles. The predicted molar refractivity (Wildman–Crippen MR) is 101 cm³/mol. The minimum absolute atomic E-state index is 0.0212. The van der Waals surface area contributed by atoms with Crippen molar-refractivity contribution in [2.24, 2.45) is 0 Å². The molecule has 0 saturated heterocycles. The number of benzene rings is 3. The van der Waals surface area contributed by atoms with Crippen molar-refractivity contribution in [2.75, 3.05) is 6.61 Å². The first-order valence-corrected chi connectivity index (χ1v) is 8.60. The van der Waals surface area contributed by atoms with Gasteiger partial charge in [-0.05, 0) is 42.0 Å². The van der Waals surface area contributed by atoms with Gasteiger partial charge in [0.15, 0.2) is 0 Å². The van der Waals surface area contributed by atoms with Crippen LogP contribution in [0.25, 0.3) is 10.8 Å². The molecule has 3 aromatic carbocycles. The number of rotatable bonds is 5. The van der Waals surface area contributed by atoms with Crippen LogP contribution in [0.1, 0.15) is 22.8 Å². The molecule has 3 rings (SSSR count). The summed E-state index contributed by atoms with van der Waals surface area (Å²) in [6, 6.07) is 17.7. The largest absolute Gasteiger partial charge is 0.466 e. The molecule has 0 aliphatic heterocycles. The summed E-state index contributed by atoms with van der Waals surface area (Å²) in [5.74, 6) is -0.571. The van der Waals surface area contributed by atoms with Crippen molar-refractivity contribution < 1.29 is 19.1 Å². The van der Waals surface area contributed by atoms with Crippen LogP contribution in [0.5, 0.6) is 5.75 Å². The molecule has 0 radical (unpaired) electrons. The first kappa shape index (κ1) is 18.0. The second-order valence-electron chi connectivity index (χ2n) is 5.65. The lowest BCUT2D eigenvalue weighted by Crippen LogP contribution is -2.13. The SMILES string of the molecule is CCOC(=O)Cc1c(OC(=O)c2cccc(Cl)c2)ccc2ccccc12. The highest BCUT2D eigenvalue weighted by Crippen LogP contribution is 2.29. The van der Waals surface area contributed by atoms with Gasteiger partial charge in [0.05, 0.1) is 18.6 Å². The second-order valence-corrected chi connectivity index (χ2v) is 6.08. The Morgan fingerprint density at radius 3 is 2.58 bits per heavy atom. The molecule has 0 unspecified atom stereocenters. The van der Waals surface area contributed by atoms with Crippen LogP contribution in [0.2, 0.25) is 5.02 Å². The molecule has 0 aliphatic carbocycles. The van der Waals surface area contributed by atoms with Gasteiger partial charge in [0.1, 0.15) is 5.75 Å². The van der Waals surface area contributed by atoms with E-state index in [-0.39, 0.29) is 12.4 Å². The molecule has 0 atom stereocenters. The summed E-state index contributed by atoms with van der Waals surface area (Å²) in [5.41, 5.74) is 0.963. The molecule has 3 aromatic rings. The average molecular weight is 369 g/mol. The molecule has 0 aliphatic rings. The van der Waals surface area contributed by atoms with Gasteiger partial charge in [-0.15, -0.1) is 0 Å². The Kier molecular flexibility index (Phi) is 5.54. The van der Waals surface area contributed by atoms with Crippen LogP contribution >= 0.6 is 11.6 Å². The average Bonchev–Trinajstić information content (AvgIpc) is 2.64. The standard InChI is InChI=1S/C21H17ClO4/c1-2-25-20(23)13-18-17-9-4-3-6-14(17)10-11-19(18)26-21(24)15-7-5-8-16(22)12-15/h3-12H,2,13H2,1H3. The maximum absolute atomic E-state index is 12.5. The topological polar surface area (TPSA) is 52.6 Å². The van der Waals surface area contributed by atoms with Crippen LogP contribution in [0.15, 0.2) is 60.7 Å². The van der Waals surface area contributed by atoms with Crippen LogP contribution in [0, 0.1) is 0 Å². The van der Waals surface area contributed by atoms with Crippen LogP contribution < -0.4 is 4.74 Å². The number of carbonyl (C=O) groups excluding carboxylic acids is 2. The first-order chi connectivity index (χ1) is 12.6. The van der Waals surface area contributed by atoms with E-state index in [0.717, 1.165) is 10.8 Å². The van der Waals surface area contributed by atoms with Crippen molar-refractivity contribution in [1.82, 2.24) is 0 Å². The van der Waals surface area contributed by atoms with E-state index < -0.39 is 5.97 Å². The molecule has 0 bridgehead atoms. The minimum atomic E-state index is -0.534. The van der Waals surface area contributed by atoms with Gasteiger partial charge in [0.25, 0.3) is 0 Å². The van der Waals surface area contributed by atoms with Crippen LogP contribution in [-0.4, -0.2) is 18.5 Å².